The highest BCUT2D eigenvalue weighted by molar-refractivity contribution is 5.91. The molecule has 0 radical (unpaired) electrons. The molecule has 0 saturated heterocycles. The number of nitrogens with one attached hydrogen (secondary N) is 3. The van der Waals surface area contributed by atoms with Gasteiger partial charge in [-0.25, -0.2) is 4.79 Å². The Kier molecular flexibility index (Phi) is 11.8. The van der Waals surface area contributed by atoms with Crippen LogP contribution in [-0.2, 0) is 14.4 Å². The molecule has 0 aliphatic rings. The van der Waals surface area contributed by atoms with Crippen LogP contribution in [0.5, 0.6) is 0 Å². The predicted molar refractivity (Wildman–Crippen MR) is 107 cm³/mol. The molecule has 10 N–H and O–H groups in total. The molecule has 0 fully saturated rings. The lowest BCUT2D eigenvalue weighted by Crippen LogP contribution is -2.78. The standard InChI is InChI=1S/C18H36N6O4/c1-10(2)8-12(19)15(25)24-14(9-11(3)4)16(26)23-13(17(27)28)6-5-7-22-18(20)21/h10-14H,5-9,19H2,1-4H3,(H,23,26)(H,24,25)(H,27,28)(H4,20,21,22)/p+1/t12-,13-,14-/m0/s1. The topological polar surface area (TPSA) is 188 Å². The van der Waals surface area contributed by atoms with Gasteiger partial charge in [0.1, 0.15) is 12.1 Å². The zero-order valence-electron chi connectivity index (χ0n) is 17.3. The molecule has 0 bridgehead atoms. The molecule has 28 heavy (non-hydrogen) atoms. The SMILES string of the molecule is CC(C)C[C@H](NC(=O)[C@@H](N)CC(C)C)C(=O)N[C@@H](CCC[NH+]=C(N)N)C(=O)O. The summed E-state index contributed by atoms with van der Waals surface area (Å²) in [5, 5.41) is 14.5. The maximum absolute atomic E-state index is 12.6. The second-order valence-electron chi connectivity index (χ2n) is 7.85. The second kappa shape index (κ2) is 12.9. The minimum atomic E-state index is -1.15. The highest BCUT2D eigenvalue weighted by Crippen LogP contribution is 2.08. The van der Waals surface area contributed by atoms with Crippen molar-refractivity contribution in [3.8, 4) is 0 Å². The average Bonchev–Trinajstić information content (AvgIpc) is 2.55. The number of guanidine groups is 1. The van der Waals surface area contributed by atoms with Gasteiger partial charge in [0.25, 0.3) is 0 Å². The van der Waals surface area contributed by atoms with Crippen LogP contribution in [0, 0.1) is 11.8 Å². The van der Waals surface area contributed by atoms with Crippen molar-refractivity contribution in [3.05, 3.63) is 0 Å². The molecule has 0 aliphatic heterocycles. The van der Waals surface area contributed by atoms with Gasteiger partial charge in [0.05, 0.1) is 12.6 Å². The van der Waals surface area contributed by atoms with Gasteiger partial charge in [-0.1, -0.05) is 27.7 Å². The van der Waals surface area contributed by atoms with Crippen LogP contribution >= 0.6 is 0 Å². The van der Waals surface area contributed by atoms with Crippen LogP contribution in [0.2, 0.25) is 0 Å². The fourth-order valence-corrected chi connectivity index (χ4v) is 2.67. The first kappa shape index (κ1) is 25.6. The maximum atomic E-state index is 12.6. The Morgan fingerprint density at radius 2 is 1.46 bits per heavy atom. The van der Waals surface area contributed by atoms with E-state index in [2.05, 4.69) is 15.6 Å². The molecule has 0 spiro atoms. The predicted octanol–water partition coefficient (Wildman–Crippen LogP) is -2.41. The van der Waals surface area contributed by atoms with Crippen LogP contribution in [0.15, 0.2) is 0 Å². The Labute approximate surface area is 166 Å². The summed E-state index contributed by atoms with van der Waals surface area (Å²) in [6.45, 7) is 8.11. The number of carboxylic acids is 1. The van der Waals surface area contributed by atoms with E-state index in [1.165, 1.54) is 0 Å². The van der Waals surface area contributed by atoms with Crippen LogP contribution in [-0.4, -0.2) is 53.5 Å². The van der Waals surface area contributed by atoms with Gasteiger partial charge in [0, 0.05) is 0 Å². The first-order valence-corrected chi connectivity index (χ1v) is 9.64. The van der Waals surface area contributed by atoms with Crippen LogP contribution in [0.1, 0.15) is 53.4 Å². The number of hydrogen-bond acceptors (Lipinski definition) is 4. The number of aliphatic carboxylic acids is 1. The van der Waals surface area contributed by atoms with Crippen LogP contribution in [0.3, 0.4) is 0 Å². The fraction of sp³-hybridized carbons (Fsp3) is 0.778. The summed E-state index contributed by atoms with van der Waals surface area (Å²) < 4.78 is 0. The van der Waals surface area contributed by atoms with E-state index in [9.17, 15) is 19.5 Å². The molecular formula is C18H37N6O4+. The summed E-state index contributed by atoms with van der Waals surface area (Å²) in [4.78, 5) is 39.1. The Bertz CT molecular complexity index is 546. The van der Waals surface area contributed by atoms with Gasteiger partial charge in [-0.05, 0) is 37.5 Å². The third kappa shape index (κ3) is 11.4. The first-order chi connectivity index (χ1) is 12.9. The molecule has 0 aromatic carbocycles. The van der Waals surface area contributed by atoms with Crippen molar-refractivity contribution in [1.82, 2.24) is 10.6 Å². The molecule has 2 amide bonds. The lowest BCUT2D eigenvalue weighted by Gasteiger charge is -2.24. The van der Waals surface area contributed by atoms with Crippen LogP contribution in [0.25, 0.3) is 0 Å². The molecule has 0 aliphatic carbocycles. The molecule has 3 atom stereocenters. The third-order valence-corrected chi connectivity index (χ3v) is 4.02. The molecule has 0 aromatic heterocycles. The first-order valence-electron chi connectivity index (χ1n) is 9.64. The van der Waals surface area contributed by atoms with E-state index in [4.69, 9.17) is 17.2 Å². The van der Waals surface area contributed by atoms with Gasteiger partial charge in [-0.2, -0.15) is 0 Å². The summed E-state index contributed by atoms with van der Waals surface area (Å²) >= 11 is 0. The van der Waals surface area contributed by atoms with E-state index in [-0.39, 0.29) is 24.2 Å². The lowest BCUT2D eigenvalue weighted by molar-refractivity contribution is -0.459. The smallest absolute Gasteiger partial charge is 0.338 e. The minimum Gasteiger partial charge on any atom is -0.480 e. The molecule has 0 rings (SSSR count). The van der Waals surface area contributed by atoms with Gasteiger partial charge in [-0.3, -0.25) is 26.0 Å². The largest absolute Gasteiger partial charge is 0.480 e. The number of carbonyl (C=O) groups is 3. The Balaban J connectivity index is 4.97. The van der Waals surface area contributed by atoms with Crippen molar-refractivity contribution >= 4 is 23.7 Å². The molecule has 0 saturated carbocycles. The average molecular weight is 402 g/mol. The maximum Gasteiger partial charge on any atom is 0.338 e. The fourth-order valence-electron chi connectivity index (χ4n) is 2.67. The van der Waals surface area contributed by atoms with Crippen molar-refractivity contribution in [3.63, 3.8) is 0 Å². The third-order valence-electron chi connectivity index (χ3n) is 4.02. The summed E-state index contributed by atoms with van der Waals surface area (Å²) in [5.41, 5.74) is 16.5. The van der Waals surface area contributed by atoms with E-state index >= 15 is 0 Å². The van der Waals surface area contributed by atoms with E-state index in [1.54, 1.807) is 0 Å². The van der Waals surface area contributed by atoms with Gasteiger partial charge in [0.2, 0.25) is 11.8 Å². The van der Waals surface area contributed by atoms with E-state index < -0.39 is 35.9 Å². The quantitative estimate of drug-likeness (QED) is 0.102. The van der Waals surface area contributed by atoms with E-state index in [0.29, 0.717) is 25.8 Å². The van der Waals surface area contributed by atoms with Crippen LogP contribution in [0.4, 0.5) is 0 Å². The van der Waals surface area contributed by atoms with Crippen LogP contribution < -0.4 is 32.8 Å². The molecule has 0 unspecified atom stereocenters. The molecule has 0 aromatic rings. The Morgan fingerprint density at radius 1 is 0.929 bits per heavy atom. The summed E-state index contributed by atoms with van der Waals surface area (Å²) in [6, 6.07) is -2.65. The molecule has 0 heterocycles. The number of hydrogen-bond donors (Lipinski definition) is 7. The number of nitrogens with two attached hydrogens (primary N) is 3. The molecule has 10 heteroatoms. The highest BCUT2D eigenvalue weighted by atomic mass is 16.4. The van der Waals surface area contributed by atoms with Crippen molar-refractivity contribution in [1.29, 1.82) is 0 Å². The number of carboxylic acid groups (broad SMARTS) is 1. The van der Waals surface area contributed by atoms with Gasteiger partial charge in [-0.15, -0.1) is 0 Å². The van der Waals surface area contributed by atoms with E-state index in [0.717, 1.165) is 0 Å². The Morgan fingerprint density at radius 3 is 1.93 bits per heavy atom. The summed E-state index contributed by atoms with van der Waals surface area (Å²) in [7, 11) is 0. The highest BCUT2D eigenvalue weighted by Gasteiger charge is 2.28. The van der Waals surface area contributed by atoms with Gasteiger partial charge < -0.3 is 21.5 Å². The van der Waals surface area contributed by atoms with E-state index in [1.807, 2.05) is 27.7 Å². The van der Waals surface area contributed by atoms with Crippen molar-refractivity contribution in [2.24, 2.45) is 29.0 Å². The minimum absolute atomic E-state index is 0.0494. The van der Waals surface area contributed by atoms with Crippen molar-refractivity contribution < 1.29 is 24.5 Å². The zero-order valence-corrected chi connectivity index (χ0v) is 17.3. The zero-order chi connectivity index (χ0) is 21.9. The molecule has 10 nitrogen and oxygen atoms in total. The summed E-state index contributed by atoms with van der Waals surface area (Å²) in [5.74, 6) is -1.70. The Hall–Kier alpha value is -2.36. The number of amides is 2. The molecule has 162 valence electrons. The lowest BCUT2D eigenvalue weighted by atomic mass is 10.00. The number of carbonyl (C=O) groups excluding carboxylic acids is 2. The summed E-state index contributed by atoms with van der Waals surface area (Å²) in [6.07, 6.45) is 1.50. The van der Waals surface area contributed by atoms with Crippen molar-refractivity contribution in [2.75, 3.05) is 6.54 Å². The van der Waals surface area contributed by atoms with Crippen molar-refractivity contribution in [2.45, 2.75) is 71.5 Å². The normalized spacial score (nSPS) is 14.2. The molecular weight excluding hydrogens is 364 g/mol. The second-order valence-corrected chi connectivity index (χ2v) is 7.85. The number of rotatable bonds is 13. The monoisotopic (exact) mass is 401 g/mol. The van der Waals surface area contributed by atoms with Gasteiger partial charge >= 0.3 is 11.9 Å². The van der Waals surface area contributed by atoms with Gasteiger partial charge in [0.15, 0.2) is 0 Å².